The molecule has 0 aliphatic rings. The Labute approximate surface area is 98.3 Å². The summed E-state index contributed by atoms with van der Waals surface area (Å²) in [6.45, 7) is 0.499. The minimum atomic E-state index is -0.964. The Kier molecular flexibility index (Phi) is 3.09. The molecule has 0 unspecified atom stereocenters. The number of carbonyl (C=O) groups is 1. The molecule has 0 saturated carbocycles. The lowest BCUT2D eigenvalue weighted by Gasteiger charge is -2.19. The maximum Gasteiger partial charge on any atom is 0.337 e. The van der Waals surface area contributed by atoms with Crippen molar-refractivity contribution in [2.45, 2.75) is 6.54 Å². The lowest BCUT2D eigenvalue weighted by atomic mass is 10.2. The van der Waals surface area contributed by atoms with E-state index in [1.54, 1.807) is 24.3 Å². The Morgan fingerprint density at radius 1 is 1.53 bits per heavy atom. The minimum absolute atomic E-state index is 0.231. The summed E-state index contributed by atoms with van der Waals surface area (Å²) in [4.78, 5) is 16.8. The molecule has 5 heteroatoms. The number of anilines is 1. The zero-order chi connectivity index (χ0) is 12.3. The molecule has 88 valence electrons. The molecule has 2 heterocycles. The number of furan rings is 1. The van der Waals surface area contributed by atoms with Crippen LogP contribution < -0.4 is 4.90 Å². The second-order valence-electron chi connectivity index (χ2n) is 3.63. The van der Waals surface area contributed by atoms with Crippen LogP contribution in [0.1, 0.15) is 16.1 Å². The van der Waals surface area contributed by atoms with Crippen molar-refractivity contribution in [2.75, 3.05) is 11.9 Å². The molecule has 17 heavy (non-hydrogen) atoms. The predicted molar refractivity (Wildman–Crippen MR) is 62.0 cm³/mol. The van der Waals surface area contributed by atoms with Gasteiger partial charge in [0.1, 0.15) is 5.76 Å². The third-order valence-corrected chi connectivity index (χ3v) is 2.41. The molecular weight excluding hydrogens is 220 g/mol. The fourth-order valence-corrected chi connectivity index (χ4v) is 1.59. The van der Waals surface area contributed by atoms with Crippen molar-refractivity contribution in [2.24, 2.45) is 0 Å². The third-order valence-electron chi connectivity index (χ3n) is 2.41. The van der Waals surface area contributed by atoms with Crippen molar-refractivity contribution >= 4 is 11.7 Å². The van der Waals surface area contributed by atoms with Crippen LogP contribution in [0.4, 0.5) is 5.69 Å². The molecule has 0 aliphatic carbocycles. The van der Waals surface area contributed by atoms with Crippen LogP contribution >= 0.6 is 0 Å². The molecule has 2 aromatic heterocycles. The summed E-state index contributed by atoms with van der Waals surface area (Å²) < 4.78 is 5.22. The van der Waals surface area contributed by atoms with Crippen molar-refractivity contribution in [1.82, 2.24) is 4.98 Å². The van der Waals surface area contributed by atoms with Gasteiger partial charge in [0, 0.05) is 13.2 Å². The van der Waals surface area contributed by atoms with Gasteiger partial charge in [-0.3, -0.25) is 4.98 Å². The van der Waals surface area contributed by atoms with Gasteiger partial charge < -0.3 is 14.4 Å². The van der Waals surface area contributed by atoms with Crippen molar-refractivity contribution in [3.8, 4) is 0 Å². The lowest BCUT2D eigenvalue weighted by Crippen LogP contribution is -2.19. The average Bonchev–Trinajstić information content (AvgIpc) is 2.81. The number of hydrogen-bond donors (Lipinski definition) is 1. The lowest BCUT2D eigenvalue weighted by molar-refractivity contribution is 0.0697. The van der Waals surface area contributed by atoms with E-state index in [2.05, 4.69) is 4.98 Å². The van der Waals surface area contributed by atoms with Crippen LogP contribution in [0, 0.1) is 0 Å². The summed E-state index contributed by atoms with van der Waals surface area (Å²) in [6, 6.07) is 5.12. The largest absolute Gasteiger partial charge is 0.478 e. The van der Waals surface area contributed by atoms with E-state index in [0.29, 0.717) is 12.2 Å². The molecule has 1 N–H and O–H groups in total. The average molecular weight is 232 g/mol. The number of nitrogens with zero attached hydrogens (tertiary/aromatic N) is 2. The minimum Gasteiger partial charge on any atom is -0.478 e. The van der Waals surface area contributed by atoms with Crippen LogP contribution in [0.3, 0.4) is 0 Å². The number of carboxylic acid groups (broad SMARTS) is 1. The van der Waals surface area contributed by atoms with Gasteiger partial charge in [-0.15, -0.1) is 0 Å². The standard InChI is InChI=1S/C12H12N2O3/c1-14(8-9-3-2-6-17-9)11-7-13-5-4-10(11)12(15)16/h2-7H,8H2,1H3,(H,15,16). The first-order valence-corrected chi connectivity index (χ1v) is 5.09. The van der Waals surface area contributed by atoms with E-state index in [0.717, 1.165) is 5.76 Å². The van der Waals surface area contributed by atoms with E-state index in [-0.39, 0.29) is 5.56 Å². The summed E-state index contributed by atoms with van der Waals surface area (Å²) in [5.41, 5.74) is 0.797. The summed E-state index contributed by atoms with van der Waals surface area (Å²) in [5, 5.41) is 9.06. The smallest absolute Gasteiger partial charge is 0.337 e. The highest BCUT2D eigenvalue weighted by Crippen LogP contribution is 2.19. The summed E-state index contributed by atoms with van der Waals surface area (Å²) in [7, 11) is 1.80. The number of aromatic nitrogens is 1. The maximum absolute atomic E-state index is 11.1. The monoisotopic (exact) mass is 232 g/mol. The van der Waals surface area contributed by atoms with Crippen LogP contribution in [0.5, 0.6) is 0 Å². The highest BCUT2D eigenvalue weighted by atomic mass is 16.4. The molecule has 0 amide bonds. The quantitative estimate of drug-likeness (QED) is 0.873. The van der Waals surface area contributed by atoms with Crippen molar-refractivity contribution in [1.29, 1.82) is 0 Å². The first-order valence-electron chi connectivity index (χ1n) is 5.09. The third kappa shape index (κ3) is 2.44. The van der Waals surface area contributed by atoms with Gasteiger partial charge in [-0.1, -0.05) is 0 Å². The predicted octanol–water partition coefficient (Wildman–Crippen LogP) is 2.01. The van der Waals surface area contributed by atoms with Crippen LogP contribution in [-0.2, 0) is 6.54 Å². The zero-order valence-corrected chi connectivity index (χ0v) is 9.33. The fraction of sp³-hybridized carbons (Fsp3) is 0.167. The molecular formula is C12H12N2O3. The van der Waals surface area contributed by atoms with Gasteiger partial charge in [0.15, 0.2) is 0 Å². The second kappa shape index (κ2) is 4.69. The van der Waals surface area contributed by atoms with E-state index in [4.69, 9.17) is 9.52 Å². The van der Waals surface area contributed by atoms with Crippen LogP contribution in [0.2, 0.25) is 0 Å². The van der Waals surface area contributed by atoms with Gasteiger partial charge in [-0.25, -0.2) is 4.79 Å². The Morgan fingerprint density at radius 3 is 3.00 bits per heavy atom. The molecule has 2 rings (SSSR count). The number of carboxylic acids is 1. The molecule has 0 aromatic carbocycles. The number of aromatic carboxylic acids is 1. The highest BCUT2D eigenvalue weighted by molar-refractivity contribution is 5.94. The van der Waals surface area contributed by atoms with Crippen LogP contribution in [0.15, 0.2) is 41.3 Å². The zero-order valence-electron chi connectivity index (χ0n) is 9.33. The van der Waals surface area contributed by atoms with E-state index in [9.17, 15) is 4.79 Å². The molecule has 2 aromatic rings. The normalized spacial score (nSPS) is 10.2. The van der Waals surface area contributed by atoms with Crippen molar-refractivity contribution in [3.05, 3.63) is 48.2 Å². The van der Waals surface area contributed by atoms with E-state index < -0.39 is 5.97 Å². The van der Waals surface area contributed by atoms with Gasteiger partial charge in [-0.2, -0.15) is 0 Å². The Balaban J connectivity index is 2.24. The number of hydrogen-bond acceptors (Lipinski definition) is 4. The molecule has 0 bridgehead atoms. The molecule has 0 spiro atoms. The van der Waals surface area contributed by atoms with E-state index >= 15 is 0 Å². The fourth-order valence-electron chi connectivity index (χ4n) is 1.59. The number of pyridine rings is 1. The number of rotatable bonds is 4. The molecule has 0 saturated heterocycles. The Bertz CT molecular complexity index is 508. The highest BCUT2D eigenvalue weighted by Gasteiger charge is 2.14. The van der Waals surface area contributed by atoms with Gasteiger partial charge in [0.2, 0.25) is 0 Å². The van der Waals surface area contributed by atoms with Crippen molar-refractivity contribution in [3.63, 3.8) is 0 Å². The van der Waals surface area contributed by atoms with E-state index in [1.165, 1.54) is 18.5 Å². The summed E-state index contributed by atoms with van der Waals surface area (Å²) in [6.07, 6.45) is 4.59. The van der Waals surface area contributed by atoms with E-state index in [1.807, 2.05) is 6.07 Å². The van der Waals surface area contributed by atoms with Crippen molar-refractivity contribution < 1.29 is 14.3 Å². The first-order chi connectivity index (χ1) is 8.18. The molecule has 0 radical (unpaired) electrons. The van der Waals surface area contributed by atoms with Crippen LogP contribution in [-0.4, -0.2) is 23.1 Å². The Morgan fingerprint density at radius 2 is 2.35 bits per heavy atom. The van der Waals surface area contributed by atoms with Gasteiger partial charge in [0.25, 0.3) is 0 Å². The second-order valence-corrected chi connectivity index (χ2v) is 3.63. The van der Waals surface area contributed by atoms with Gasteiger partial charge >= 0.3 is 5.97 Å². The summed E-state index contributed by atoms with van der Waals surface area (Å²) >= 11 is 0. The molecule has 0 aliphatic heterocycles. The van der Waals surface area contributed by atoms with Gasteiger partial charge in [0.05, 0.1) is 30.3 Å². The SMILES string of the molecule is CN(Cc1ccco1)c1cnccc1C(=O)O. The Hall–Kier alpha value is -2.30. The van der Waals surface area contributed by atoms with Crippen LogP contribution in [0.25, 0.3) is 0 Å². The summed E-state index contributed by atoms with van der Waals surface area (Å²) in [5.74, 6) is -0.193. The van der Waals surface area contributed by atoms with Gasteiger partial charge in [-0.05, 0) is 18.2 Å². The topological polar surface area (TPSA) is 66.6 Å². The first kappa shape index (κ1) is 11.2. The molecule has 0 atom stereocenters. The molecule has 5 nitrogen and oxygen atoms in total. The maximum atomic E-state index is 11.1. The molecule has 0 fully saturated rings.